The van der Waals surface area contributed by atoms with Gasteiger partial charge in [-0.2, -0.15) is 0 Å². The zero-order valence-electron chi connectivity index (χ0n) is 10.7. The van der Waals surface area contributed by atoms with Crippen molar-refractivity contribution < 1.29 is 13.2 Å². The Hall–Kier alpha value is -2.59. The van der Waals surface area contributed by atoms with Crippen molar-refractivity contribution in [2.45, 2.75) is 9.79 Å². The van der Waals surface area contributed by atoms with Crippen molar-refractivity contribution in [3.05, 3.63) is 50.0 Å². The number of carbonyl (C=O) groups excluding carboxylic acids is 1. The van der Waals surface area contributed by atoms with E-state index in [2.05, 4.69) is 5.32 Å². The minimum Gasteiger partial charge on any atom is -0.351 e. The second-order valence-electron chi connectivity index (χ2n) is 4.07. The first-order valence-corrected chi connectivity index (χ1v) is 7.51. The van der Waals surface area contributed by atoms with Crippen LogP contribution in [-0.2, 0) is 9.84 Å². The summed E-state index contributed by atoms with van der Waals surface area (Å²) in [5.74, 6) is 0. The van der Waals surface area contributed by atoms with Gasteiger partial charge in [-0.05, 0) is 24.3 Å². The van der Waals surface area contributed by atoms with Crippen LogP contribution in [0.3, 0.4) is 0 Å². The van der Waals surface area contributed by atoms with E-state index in [-0.39, 0.29) is 10.6 Å². The number of aromatic amines is 2. The number of hydrogen-bond donors (Lipinski definition) is 4. The summed E-state index contributed by atoms with van der Waals surface area (Å²) in [6.45, 7) is 0. The lowest BCUT2D eigenvalue weighted by Gasteiger charge is -2.06. The van der Waals surface area contributed by atoms with Gasteiger partial charge in [-0.3, -0.25) is 19.8 Å². The van der Waals surface area contributed by atoms with Crippen molar-refractivity contribution in [2.24, 2.45) is 5.73 Å². The molecule has 0 unspecified atom stereocenters. The summed E-state index contributed by atoms with van der Waals surface area (Å²) < 4.78 is 24.8. The van der Waals surface area contributed by atoms with Gasteiger partial charge >= 0.3 is 6.03 Å². The van der Waals surface area contributed by atoms with E-state index in [0.29, 0.717) is 0 Å². The van der Waals surface area contributed by atoms with E-state index in [1.54, 1.807) is 0 Å². The Kier molecular flexibility index (Phi) is 4.06. The zero-order chi connectivity index (χ0) is 16.5. The summed E-state index contributed by atoms with van der Waals surface area (Å²) in [7, 11) is -4.31. The Labute approximate surface area is 128 Å². The van der Waals surface area contributed by atoms with Crippen LogP contribution in [0.4, 0.5) is 10.5 Å². The molecule has 0 radical (unpaired) electrons. The van der Waals surface area contributed by atoms with Gasteiger partial charge < -0.3 is 11.1 Å². The van der Waals surface area contributed by atoms with Gasteiger partial charge in [0.1, 0.15) is 5.02 Å². The van der Waals surface area contributed by atoms with Gasteiger partial charge in [0.2, 0.25) is 9.84 Å². The zero-order valence-corrected chi connectivity index (χ0v) is 12.3. The van der Waals surface area contributed by atoms with Crippen LogP contribution in [0.2, 0.25) is 5.02 Å². The predicted octanol–water partition coefficient (Wildman–Crippen LogP) is 0.0400. The lowest BCUT2D eigenvalue weighted by Crippen LogP contribution is -2.26. The van der Waals surface area contributed by atoms with Crippen molar-refractivity contribution in [1.82, 2.24) is 10.2 Å². The fourth-order valence-corrected chi connectivity index (χ4v) is 3.44. The molecule has 2 rings (SSSR count). The minimum atomic E-state index is -4.31. The SMILES string of the molecule is NC(=O)Nc1ccc(S(=O)(=O)c2c(Cl)c(=O)[nH][nH]c2=O)cc1. The molecule has 1 heterocycles. The van der Waals surface area contributed by atoms with E-state index in [0.717, 1.165) is 12.1 Å². The Balaban J connectivity index is 2.57. The number of anilines is 1. The van der Waals surface area contributed by atoms with E-state index < -0.39 is 36.9 Å². The number of nitrogens with two attached hydrogens (primary N) is 1. The van der Waals surface area contributed by atoms with Crippen LogP contribution in [-0.4, -0.2) is 24.6 Å². The highest BCUT2D eigenvalue weighted by molar-refractivity contribution is 7.91. The van der Waals surface area contributed by atoms with Crippen LogP contribution in [0.15, 0.2) is 43.6 Å². The Morgan fingerprint density at radius 2 is 1.64 bits per heavy atom. The maximum Gasteiger partial charge on any atom is 0.316 e. The van der Waals surface area contributed by atoms with E-state index in [1.165, 1.54) is 12.1 Å². The van der Waals surface area contributed by atoms with Crippen molar-refractivity contribution in [1.29, 1.82) is 0 Å². The molecule has 22 heavy (non-hydrogen) atoms. The summed E-state index contributed by atoms with van der Waals surface area (Å²) in [6, 6.07) is 4.00. The number of H-pyrrole nitrogens is 2. The van der Waals surface area contributed by atoms with E-state index in [1.807, 2.05) is 10.2 Å². The minimum absolute atomic E-state index is 0.261. The average molecular weight is 345 g/mol. The number of rotatable bonds is 3. The van der Waals surface area contributed by atoms with Crippen molar-refractivity contribution >= 4 is 33.2 Å². The number of amides is 2. The van der Waals surface area contributed by atoms with Crippen LogP contribution in [0.25, 0.3) is 0 Å². The molecule has 0 aliphatic heterocycles. The normalized spacial score (nSPS) is 11.1. The van der Waals surface area contributed by atoms with Gasteiger partial charge in [0.25, 0.3) is 11.1 Å². The standard InChI is InChI=1S/C11H9ClN4O5S/c12-7-8(10(18)16-15-9(7)17)22(20,21)6-3-1-5(2-4-6)14-11(13)19/h1-4H,(H,15,17)(H,16,18)(H3,13,14,19). The van der Waals surface area contributed by atoms with Crippen LogP contribution in [0.5, 0.6) is 0 Å². The number of urea groups is 1. The number of hydrogen-bond acceptors (Lipinski definition) is 5. The molecule has 0 bridgehead atoms. The first kappa shape index (κ1) is 15.8. The Bertz CT molecular complexity index is 946. The first-order valence-electron chi connectivity index (χ1n) is 5.65. The smallest absolute Gasteiger partial charge is 0.316 e. The molecule has 2 amide bonds. The molecule has 0 spiro atoms. The molecule has 0 atom stereocenters. The van der Waals surface area contributed by atoms with Gasteiger partial charge in [0.15, 0.2) is 4.90 Å². The highest BCUT2D eigenvalue weighted by Crippen LogP contribution is 2.23. The summed E-state index contributed by atoms with van der Waals surface area (Å²) >= 11 is 5.62. The van der Waals surface area contributed by atoms with Crippen LogP contribution in [0, 0.1) is 0 Å². The summed E-state index contributed by atoms with van der Waals surface area (Å²) in [5, 5.41) is 5.32. The summed E-state index contributed by atoms with van der Waals surface area (Å²) in [4.78, 5) is 32.6. The highest BCUT2D eigenvalue weighted by Gasteiger charge is 2.26. The molecule has 1 aromatic carbocycles. The van der Waals surface area contributed by atoms with Gasteiger partial charge in [0.05, 0.1) is 4.90 Å². The molecule has 0 saturated heterocycles. The second kappa shape index (κ2) is 5.66. The molecule has 0 aliphatic rings. The van der Waals surface area contributed by atoms with Crippen molar-refractivity contribution in [2.75, 3.05) is 5.32 Å². The number of halogens is 1. The average Bonchev–Trinajstić information content (AvgIpc) is 2.43. The number of benzene rings is 1. The van der Waals surface area contributed by atoms with Gasteiger partial charge in [0, 0.05) is 5.69 Å². The quantitative estimate of drug-likeness (QED) is 0.618. The number of aromatic nitrogens is 2. The molecular weight excluding hydrogens is 336 g/mol. The first-order chi connectivity index (χ1) is 10.2. The third kappa shape index (κ3) is 2.87. The highest BCUT2D eigenvalue weighted by atomic mass is 35.5. The van der Waals surface area contributed by atoms with Crippen molar-refractivity contribution in [3.63, 3.8) is 0 Å². The predicted molar refractivity (Wildman–Crippen MR) is 77.8 cm³/mol. The topological polar surface area (TPSA) is 155 Å². The van der Waals surface area contributed by atoms with Crippen LogP contribution >= 0.6 is 11.6 Å². The third-order valence-electron chi connectivity index (χ3n) is 2.60. The Morgan fingerprint density at radius 3 is 2.18 bits per heavy atom. The van der Waals surface area contributed by atoms with Gasteiger partial charge in [-0.25, -0.2) is 13.2 Å². The van der Waals surface area contributed by atoms with E-state index in [9.17, 15) is 22.8 Å². The monoisotopic (exact) mass is 344 g/mol. The molecule has 0 saturated carbocycles. The summed E-state index contributed by atoms with van der Waals surface area (Å²) in [6.07, 6.45) is 0. The number of primary amides is 1. The third-order valence-corrected chi connectivity index (χ3v) is 4.89. The second-order valence-corrected chi connectivity index (χ2v) is 6.33. The fourth-order valence-electron chi connectivity index (χ4n) is 1.65. The molecule has 2 aromatic rings. The maximum absolute atomic E-state index is 12.4. The Morgan fingerprint density at radius 1 is 1.09 bits per heavy atom. The van der Waals surface area contributed by atoms with Crippen LogP contribution < -0.4 is 22.2 Å². The van der Waals surface area contributed by atoms with Crippen LogP contribution in [0.1, 0.15) is 0 Å². The molecule has 1 aromatic heterocycles. The molecule has 5 N–H and O–H groups in total. The summed E-state index contributed by atoms with van der Waals surface area (Å²) in [5.41, 5.74) is 3.20. The lowest BCUT2D eigenvalue weighted by atomic mass is 10.3. The van der Waals surface area contributed by atoms with E-state index in [4.69, 9.17) is 17.3 Å². The van der Waals surface area contributed by atoms with Gasteiger partial charge in [-0.15, -0.1) is 0 Å². The van der Waals surface area contributed by atoms with Crippen molar-refractivity contribution in [3.8, 4) is 0 Å². The van der Waals surface area contributed by atoms with E-state index >= 15 is 0 Å². The number of sulfone groups is 1. The molecule has 0 aliphatic carbocycles. The molecule has 116 valence electrons. The molecular formula is C11H9ClN4O5S. The molecule has 9 nitrogen and oxygen atoms in total. The number of carbonyl (C=O) groups is 1. The molecule has 11 heteroatoms. The fraction of sp³-hybridized carbons (Fsp3) is 0. The maximum atomic E-state index is 12.4. The van der Waals surface area contributed by atoms with Gasteiger partial charge in [-0.1, -0.05) is 11.6 Å². The molecule has 0 fully saturated rings. The largest absolute Gasteiger partial charge is 0.351 e. The lowest BCUT2D eigenvalue weighted by molar-refractivity contribution is 0.259. The number of nitrogens with one attached hydrogen (secondary N) is 3.